The molecule has 1 aromatic carbocycles. The monoisotopic (exact) mass is 379 g/mol. The number of aryl methyl sites for hydroxylation is 1. The number of rotatable bonds is 4. The lowest BCUT2D eigenvalue weighted by Gasteiger charge is -2.47. The number of nitrogens with zero attached hydrogens (tertiary/aromatic N) is 3. The number of benzene rings is 1. The molecule has 2 aromatic rings. The van der Waals surface area contributed by atoms with Crippen molar-refractivity contribution in [1.29, 1.82) is 0 Å². The predicted octanol–water partition coefficient (Wildman–Crippen LogP) is 3.11. The highest BCUT2D eigenvalue weighted by Gasteiger charge is 2.41. The van der Waals surface area contributed by atoms with Gasteiger partial charge in [-0.3, -0.25) is 9.59 Å². The van der Waals surface area contributed by atoms with Crippen molar-refractivity contribution in [3.63, 3.8) is 0 Å². The van der Waals surface area contributed by atoms with Gasteiger partial charge in [0.25, 0.3) is 5.91 Å². The maximum atomic E-state index is 12.8. The van der Waals surface area contributed by atoms with Crippen LogP contribution in [0.1, 0.15) is 41.7 Å². The Morgan fingerprint density at radius 2 is 1.79 bits per heavy atom. The average Bonchev–Trinajstić information content (AvgIpc) is 3.16. The average molecular weight is 380 g/mol. The van der Waals surface area contributed by atoms with Crippen molar-refractivity contribution < 1.29 is 9.59 Å². The molecule has 0 aliphatic carbocycles. The molecule has 2 amide bonds. The molecule has 1 aromatic heterocycles. The first-order valence-electron chi connectivity index (χ1n) is 10.3. The number of hydrogen-bond donors (Lipinski definition) is 0. The zero-order valence-electron chi connectivity index (χ0n) is 16.6. The second-order valence-corrected chi connectivity index (χ2v) is 8.35. The SMILES string of the molecule is Cn1cccc1C(=O)N1CCC2(CCC(=O)N(CCc3ccccc3)C2)CC1. The van der Waals surface area contributed by atoms with Crippen LogP contribution in [-0.4, -0.2) is 52.4 Å². The number of likely N-dealkylation sites (tertiary alicyclic amines) is 2. The van der Waals surface area contributed by atoms with Crippen LogP contribution < -0.4 is 0 Å². The van der Waals surface area contributed by atoms with Gasteiger partial charge in [0.05, 0.1) is 0 Å². The summed E-state index contributed by atoms with van der Waals surface area (Å²) in [5.41, 5.74) is 2.20. The van der Waals surface area contributed by atoms with Gasteiger partial charge >= 0.3 is 0 Å². The van der Waals surface area contributed by atoms with Gasteiger partial charge in [-0.05, 0) is 48.8 Å². The van der Waals surface area contributed by atoms with E-state index in [4.69, 9.17) is 0 Å². The summed E-state index contributed by atoms with van der Waals surface area (Å²) in [7, 11) is 1.91. The van der Waals surface area contributed by atoms with E-state index in [2.05, 4.69) is 17.0 Å². The van der Waals surface area contributed by atoms with E-state index in [0.717, 1.165) is 57.6 Å². The molecule has 2 aliphatic heterocycles. The molecule has 148 valence electrons. The molecule has 5 heteroatoms. The highest BCUT2D eigenvalue weighted by Crippen LogP contribution is 2.40. The third-order valence-electron chi connectivity index (χ3n) is 6.54. The Labute approximate surface area is 166 Å². The largest absolute Gasteiger partial charge is 0.347 e. The van der Waals surface area contributed by atoms with Crippen molar-refractivity contribution in [2.24, 2.45) is 12.5 Å². The van der Waals surface area contributed by atoms with Crippen molar-refractivity contribution in [3.8, 4) is 0 Å². The minimum absolute atomic E-state index is 0.121. The third kappa shape index (κ3) is 3.84. The minimum Gasteiger partial charge on any atom is -0.347 e. The molecule has 2 fully saturated rings. The first-order valence-corrected chi connectivity index (χ1v) is 10.3. The van der Waals surface area contributed by atoms with Gasteiger partial charge in [-0.15, -0.1) is 0 Å². The topological polar surface area (TPSA) is 45.6 Å². The van der Waals surface area contributed by atoms with Gasteiger partial charge < -0.3 is 14.4 Å². The van der Waals surface area contributed by atoms with E-state index in [1.165, 1.54) is 5.56 Å². The third-order valence-corrected chi connectivity index (χ3v) is 6.54. The molecular weight excluding hydrogens is 350 g/mol. The van der Waals surface area contributed by atoms with Crippen LogP contribution in [0, 0.1) is 5.41 Å². The van der Waals surface area contributed by atoms with Crippen molar-refractivity contribution in [2.75, 3.05) is 26.2 Å². The number of piperidine rings is 2. The number of amides is 2. The molecule has 28 heavy (non-hydrogen) atoms. The summed E-state index contributed by atoms with van der Waals surface area (Å²) in [4.78, 5) is 29.3. The van der Waals surface area contributed by atoms with Crippen molar-refractivity contribution >= 4 is 11.8 Å². The molecule has 3 heterocycles. The number of aromatic nitrogens is 1. The summed E-state index contributed by atoms with van der Waals surface area (Å²) in [5, 5.41) is 0. The molecule has 0 bridgehead atoms. The van der Waals surface area contributed by atoms with Gasteiger partial charge in [-0.1, -0.05) is 30.3 Å². The number of hydrogen-bond acceptors (Lipinski definition) is 2. The van der Waals surface area contributed by atoms with E-state index in [9.17, 15) is 9.59 Å². The van der Waals surface area contributed by atoms with E-state index in [-0.39, 0.29) is 17.2 Å². The second kappa shape index (κ2) is 7.82. The van der Waals surface area contributed by atoms with Gasteiger partial charge in [0.15, 0.2) is 0 Å². The normalized spacial score (nSPS) is 19.2. The van der Waals surface area contributed by atoms with Gasteiger partial charge in [0.1, 0.15) is 5.69 Å². The Morgan fingerprint density at radius 3 is 2.46 bits per heavy atom. The van der Waals surface area contributed by atoms with Crippen LogP contribution in [0.5, 0.6) is 0 Å². The van der Waals surface area contributed by atoms with Crippen LogP contribution in [0.4, 0.5) is 0 Å². The quantitative estimate of drug-likeness (QED) is 0.819. The smallest absolute Gasteiger partial charge is 0.270 e. The molecule has 2 aliphatic rings. The number of carbonyl (C=O) groups excluding carboxylic acids is 2. The zero-order valence-corrected chi connectivity index (χ0v) is 16.6. The first-order chi connectivity index (χ1) is 13.6. The predicted molar refractivity (Wildman–Crippen MR) is 109 cm³/mol. The maximum Gasteiger partial charge on any atom is 0.270 e. The van der Waals surface area contributed by atoms with Crippen LogP contribution in [0.15, 0.2) is 48.7 Å². The summed E-state index contributed by atoms with van der Waals surface area (Å²) in [6, 6.07) is 14.2. The fraction of sp³-hybridized carbons (Fsp3) is 0.478. The number of carbonyl (C=O) groups is 2. The Bertz CT molecular complexity index is 835. The lowest BCUT2D eigenvalue weighted by atomic mass is 9.72. The summed E-state index contributed by atoms with van der Waals surface area (Å²) in [6.07, 6.45) is 6.38. The Balaban J connectivity index is 1.36. The molecule has 4 rings (SSSR count). The Morgan fingerprint density at radius 1 is 1.04 bits per heavy atom. The molecule has 0 atom stereocenters. The van der Waals surface area contributed by atoms with Crippen molar-refractivity contribution in [3.05, 3.63) is 59.9 Å². The molecule has 1 spiro atoms. The van der Waals surface area contributed by atoms with Gasteiger partial charge in [0.2, 0.25) is 5.91 Å². The maximum absolute atomic E-state index is 12.8. The molecule has 0 N–H and O–H groups in total. The summed E-state index contributed by atoms with van der Waals surface area (Å²) in [6.45, 7) is 3.19. The summed E-state index contributed by atoms with van der Waals surface area (Å²) < 4.78 is 1.89. The zero-order chi connectivity index (χ0) is 19.6. The molecule has 5 nitrogen and oxygen atoms in total. The van der Waals surface area contributed by atoms with E-state index in [1.54, 1.807) is 0 Å². The Kier molecular flexibility index (Phi) is 5.25. The van der Waals surface area contributed by atoms with Crippen molar-refractivity contribution in [1.82, 2.24) is 14.4 Å². The lowest BCUT2D eigenvalue weighted by molar-refractivity contribution is -0.138. The van der Waals surface area contributed by atoms with Crippen LogP contribution in [0.25, 0.3) is 0 Å². The standard InChI is InChI=1S/C23H29N3O2/c1-24-14-5-8-20(24)22(28)25-16-12-23(13-17-25)11-9-21(27)26(18-23)15-10-19-6-3-2-4-7-19/h2-8,14H,9-13,15-18H2,1H3. The highest BCUT2D eigenvalue weighted by molar-refractivity contribution is 5.92. The van der Waals surface area contributed by atoms with Crippen LogP contribution in [-0.2, 0) is 18.3 Å². The molecule has 0 radical (unpaired) electrons. The fourth-order valence-electron chi connectivity index (χ4n) is 4.65. The van der Waals surface area contributed by atoms with E-state index < -0.39 is 0 Å². The summed E-state index contributed by atoms with van der Waals surface area (Å²) in [5.74, 6) is 0.402. The first kappa shape index (κ1) is 18.8. The Hall–Kier alpha value is -2.56. The highest BCUT2D eigenvalue weighted by atomic mass is 16.2. The van der Waals surface area contributed by atoms with Crippen molar-refractivity contribution in [2.45, 2.75) is 32.1 Å². The van der Waals surface area contributed by atoms with Crippen LogP contribution in [0.3, 0.4) is 0 Å². The van der Waals surface area contributed by atoms with Crippen LogP contribution >= 0.6 is 0 Å². The second-order valence-electron chi connectivity index (χ2n) is 8.35. The van der Waals surface area contributed by atoms with E-state index >= 15 is 0 Å². The molecule has 0 unspecified atom stereocenters. The van der Waals surface area contributed by atoms with Crippen LogP contribution in [0.2, 0.25) is 0 Å². The van der Waals surface area contributed by atoms with Gasteiger partial charge in [0, 0.05) is 45.8 Å². The fourth-order valence-corrected chi connectivity index (χ4v) is 4.65. The van der Waals surface area contributed by atoms with Gasteiger partial charge in [-0.25, -0.2) is 0 Å². The molecule has 2 saturated heterocycles. The van der Waals surface area contributed by atoms with Gasteiger partial charge in [-0.2, -0.15) is 0 Å². The summed E-state index contributed by atoms with van der Waals surface area (Å²) >= 11 is 0. The van der Waals surface area contributed by atoms with E-state index in [0.29, 0.717) is 6.42 Å². The molecule has 0 saturated carbocycles. The van der Waals surface area contributed by atoms with E-state index in [1.807, 2.05) is 53.0 Å². The molecular formula is C23H29N3O2. The minimum atomic E-state index is 0.121. The lowest BCUT2D eigenvalue weighted by Crippen LogP contribution is -2.52.